The zero-order valence-electron chi connectivity index (χ0n) is 13.7. The van der Waals surface area contributed by atoms with Crippen LogP contribution < -0.4 is 5.32 Å². The van der Waals surface area contributed by atoms with E-state index in [1.807, 2.05) is 20.0 Å². The zero-order valence-corrected chi connectivity index (χ0v) is 13.7. The van der Waals surface area contributed by atoms with E-state index in [-0.39, 0.29) is 5.91 Å². The lowest BCUT2D eigenvalue weighted by Crippen LogP contribution is -2.33. The summed E-state index contributed by atoms with van der Waals surface area (Å²) in [6, 6.07) is 3.65. The minimum absolute atomic E-state index is 0.0368. The van der Waals surface area contributed by atoms with Gasteiger partial charge in [-0.3, -0.25) is 9.78 Å². The molecule has 0 aliphatic heterocycles. The lowest BCUT2D eigenvalue weighted by atomic mass is 10.2. The van der Waals surface area contributed by atoms with Crippen LogP contribution in [0.1, 0.15) is 43.2 Å². The van der Waals surface area contributed by atoms with Gasteiger partial charge < -0.3 is 10.2 Å². The number of aromatic nitrogens is 1. The molecule has 4 nitrogen and oxygen atoms in total. The molecule has 4 heteroatoms. The highest BCUT2D eigenvalue weighted by Gasteiger charge is 2.11. The van der Waals surface area contributed by atoms with Crippen molar-refractivity contribution >= 4 is 5.91 Å². The van der Waals surface area contributed by atoms with Crippen LogP contribution in [0.2, 0.25) is 0 Å². The first-order valence-electron chi connectivity index (χ1n) is 7.25. The van der Waals surface area contributed by atoms with Gasteiger partial charge in [0, 0.05) is 26.3 Å². The van der Waals surface area contributed by atoms with Crippen molar-refractivity contribution in [3.63, 3.8) is 0 Å². The molecule has 0 aromatic carbocycles. The summed E-state index contributed by atoms with van der Waals surface area (Å²) in [5.74, 6) is 0.847. The van der Waals surface area contributed by atoms with Crippen molar-refractivity contribution in [3.8, 4) is 0 Å². The van der Waals surface area contributed by atoms with Gasteiger partial charge >= 0.3 is 0 Å². The Morgan fingerprint density at radius 1 is 1.40 bits per heavy atom. The van der Waals surface area contributed by atoms with Crippen molar-refractivity contribution in [2.45, 2.75) is 34.1 Å². The molecule has 0 fully saturated rings. The van der Waals surface area contributed by atoms with Crippen LogP contribution >= 0.6 is 0 Å². The van der Waals surface area contributed by atoms with Crippen LogP contribution in [0.15, 0.2) is 18.3 Å². The molecule has 20 heavy (non-hydrogen) atoms. The maximum atomic E-state index is 11.8. The molecule has 114 valence electrons. The third-order valence-corrected chi connectivity index (χ3v) is 2.99. The van der Waals surface area contributed by atoms with Crippen LogP contribution in [0.5, 0.6) is 0 Å². The van der Waals surface area contributed by atoms with E-state index in [1.165, 1.54) is 6.42 Å². The molecule has 1 amide bonds. The van der Waals surface area contributed by atoms with Gasteiger partial charge in [-0.25, -0.2) is 0 Å². The fraction of sp³-hybridized carbons (Fsp3) is 0.625. The Bertz CT molecular complexity index is 374. The molecule has 0 atom stereocenters. The Morgan fingerprint density at radius 2 is 2.00 bits per heavy atom. The monoisotopic (exact) mass is 279 g/mol. The summed E-state index contributed by atoms with van der Waals surface area (Å²) in [4.78, 5) is 17.6. The summed E-state index contributed by atoms with van der Waals surface area (Å²) >= 11 is 0. The van der Waals surface area contributed by atoms with E-state index < -0.39 is 0 Å². The molecule has 0 radical (unpaired) electrons. The summed E-state index contributed by atoms with van der Waals surface area (Å²) in [6.07, 6.45) is 3.01. The molecule has 0 aliphatic rings. The maximum Gasteiger partial charge on any atom is 0.272 e. The van der Waals surface area contributed by atoms with E-state index in [0.717, 1.165) is 18.0 Å². The van der Waals surface area contributed by atoms with E-state index >= 15 is 0 Å². The molecule has 1 heterocycles. The quantitative estimate of drug-likeness (QED) is 0.901. The number of carbonyl (C=O) groups excluding carboxylic acids is 1. The van der Waals surface area contributed by atoms with E-state index in [2.05, 4.69) is 31.1 Å². The van der Waals surface area contributed by atoms with E-state index in [1.54, 1.807) is 24.2 Å². The summed E-state index contributed by atoms with van der Waals surface area (Å²) in [6.45, 7) is 10.1. The number of hydrogen-bond acceptors (Lipinski definition) is 3. The molecular weight excluding hydrogens is 250 g/mol. The summed E-state index contributed by atoms with van der Waals surface area (Å²) in [7, 11) is 3.64. The van der Waals surface area contributed by atoms with Gasteiger partial charge in [-0.15, -0.1) is 0 Å². The predicted molar refractivity (Wildman–Crippen MR) is 85.0 cm³/mol. The van der Waals surface area contributed by atoms with Gasteiger partial charge in [0.2, 0.25) is 0 Å². The summed E-state index contributed by atoms with van der Waals surface area (Å²) in [5.41, 5.74) is 1.56. The van der Waals surface area contributed by atoms with Crippen molar-refractivity contribution in [1.29, 1.82) is 0 Å². The van der Waals surface area contributed by atoms with E-state index in [4.69, 9.17) is 0 Å². The average molecular weight is 279 g/mol. The fourth-order valence-electron chi connectivity index (χ4n) is 1.17. The number of aryl methyl sites for hydroxylation is 1. The molecule has 0 saturated carbocycles. The van der Waals surface area contributed by atoms with E-state index in [0.29, 0.717) is 12.2 Å². The molecule has 0 bridgehead atoms. The number of amides is 1. The maximum absolute atomic E-state index is 11.8. The molecule has 0 saturated heterocycles. The highest BCUT2D eigenvalue weighted by atomic mass is 16.2. The van der Waals surface area contributed by atoms with Crippen LogP contribution in [0.25, 0.3) is 0 Å². The first-order chi connectivity index (χ1) is 9.42. The number of likely N-dealkylation sites (N-methyl/N-ethyl adjacent to an activating group) is 2. The van der Waals surface area contributed by atoms with Gasteiger partial charge in [-0.2, -0.15) is 0 Å². The number of nitrogens with zero attached hydrogens (tertiary/aromatic N) is 2. The van der Waals surface area contributed by atoms with Gasteiger partial charge in [0.25, 0.3) is 5.91 Å². The minimum atomic E-state index is -0.0368. The normalized spacial score (nSPS) is 9.95. The number of carbonyl (C=O) groups is 1. The van der Waals surface area contributed by atoms with Gasteiger partial charge in [-0.05, 0) is 31.5 Å². The predicted octanol–water partition coefficient (Wildman–Crippen LogP) is 2.73. The summed E-state index contributed by atoms with van der Waals surface area (Å²) < 4.78 is 0. The Labute approximate surface area is 123 Å². The SMILES string of the molecule is CCC(C)C.CNCCN(C)C(=O)c1ccc(C)cn1. The molecule has 1 aromatic heterocycles. The second kappa shape index (κ2) is 10.4. The fourth-order valence-corrected chi connectivity index (χ4v) is 1.17. The Balaban J connectivity index is 0.000000621. The second-order valence-electron chi connectivity index (χ2n) is 5.35. The van der Waals surface area contributed by atoms with Gasteiger partial charge in [0.15, 0.2) is 0 Å². The van der Waals surface area contributed by atoms with Crippen LogP contribution in [-0.2, 0) is 0 Å². The topological polar surface area (TPSA) is 45.2 Å². The molecule has 0 spiro atoms. The minimum Gasteiger partial charge on any atom is -0.339 e. The zero-order chi connectivity index (χ0) is 15.5. The lowest BCUT2D eigenvalue weighted by molar-refractivity contribution is 0.0791. The van der Waals surface area contributed by atoms with Crippen LogP contribution in [0.3, 0.4) is 0 Å². The number of hydrogen-bond donors (Lipinski definition) is 1. The average Bonchev–Trinajstić information content (AvgIpc) is 2.45. The number of nitrogens with one attached hydrogen (secondary N) is 1. The molecule has 1 rings (SSSR count). The standard InChI is InChI=1S/C11H17N3O.C5H12/c1-9-4-5-10(13-8-9)11(15)14(3)7-6-12-2;1-4-5(2)3/h4-5,8,12H,6-7H2,1-3H3;5H,4H2,1-3H3. The van der Waals surface area contributed by atoms with E-state index in [9.17, 15) is 4.79 Å². The van der Waals surface area contributed by atoms with Gasteiger partial charge in [0.1, 0.15) is 5.69 Å². The third kappa shape index (κ3) is 7.89. The number of pyridine rings is 1. The van der Waals surface area contributed by atoms with Crippen LogP contribution in [-0.4, -0.2) is 43.0 Å². The Hall–Kier alpha value is -1.42. The van der Waals surface area contributed by atoms with Crippen molar-refractivity contribution in [2.24, 2.45) is 5.92 Å². The smallest absolute Gasteiger partial charge is 0.272 e. The first kappa shape index (κ1) is 18.6. The highest BCUT2D eigenvalue weighted by Crippen LogP contribution is 2.01. The Morgan fingerprint density at radius 3 is 2.40 bits per heavy atom. The number of rotatable bonds is 5. The molecular formula is C16H29N3O. The summed E-state index contributed by atoms with van der Waals surface area (Å²) in [5, 5.41) is 3.00. The van der Waals surface area contributed by atoms with Crippen LogP contribution in [0.4, 0.5) is 0 Å². The van der Waals surface area contributed by atoms with Gasteiger partial charge in [-0.1, -0.05) is 33.3 Å². The van der Waals surface area contributed by atoms with Crippen molar-refractivity contribution in [1.82, 2.24) is 15.2 Å². The molecule has 0 aliphatic carbocycles. The van der Waals surface area contributed by atoms with Crippen molar-refractivity contribution in [2.75, 3.05) is 27.2 Å². The van der Waals surface area contributed by atoms with Crippen LogP contribution in [0, 0.1) is 12.8 Å². The molecule has 0 unspecified atom stereocenters. The molecule has 1 N–H and O–H groups in total. The lowest BCUT2D eigenvalue weighted by Gasteiger charge is -2.16. The highest BCUT2D eigenvalue weighted by molar-refractivity contribution is 5.92. The Kier molecular flexibility index (Phi) is 9.64. The third-order valence-electron chi connectivity index (χ3n) is 2.99. The molecule has 1 aromatic rings. The van der Waals surface area contributed by atoms with Crippen molar-refractivity contribution < 1.29 is 4.79 Å². The largest absolute Gasteiger partial charge is 0.339 e. The van der Waals surface area contributed by atoms with Crippen molar-refractivity contribution in [3.05, 3.63) is 29.6 Å². The second-order valence-corrected chi connectivity index (χ2v) is 5.35. The van der Waals surface area contributed by atoms with Gasteiger partial charge in [0.05, 0.1) is 0 Å². The first-order valence-corrected chi connectivity index (χ1v) is 7.25.